The van der Waals surface area contributed by atoms with Gasteiger partial charge in [0, 0.05) is 32.6 Å². The Labute approximate surface area is 126 Å². The third-order valence-corrected chi connectivity index (χ3v) is 9.45. The molecule has 3 nitrogen and oxygen atoms in total. The molecule has 20 heavy (non-hydrogen) atoms. The van der Waals surface area contributed by atoms with Crippen LogP contribution in [0.3, 0.4) is 0 Å². The number of allylic oxidation sites excluding steroid dienone is 2. The molecule has 4 heteroatoms. The summed E-state index contributed by atoms with van der Waals surface area (Å²) in [5, 5.41) is 6.44. The van der Waals surface area contributed by atoms with Gasteiger partial charge in [-0.1, -0.05) is 27.7 Å². The van der Waals surface area contributed by atoms with Crippen LogP contribution in [0.1, 0.15) is 40.5 Å². The maximum Gasteiger partial charge on any atom is 0.250 e. The minimum atomic E-state index is -1.76. The zero-order valence-corrected chi connectivity index (χ0v) is 15.5. The molecule has 0 saturated heterocycles. The van der Waals surface area contributed by atoms with Crippen LogP contribution >= 0.6 is 0 Å². The predicted molar refractivity (Wildman–Crippen MR) is 90.4 cm³/mol. The Balaban J connectivity index is 2.72. The van der Waals surface area contributed by atoms with Crippen molar-refractivity contribution in [2.75, 3.05) is 14.1 Å². The van der Waals surface area contributed by atoms with E-state index in [-0.39, 0.29) is 5.04 Å². The first-order valence-corrected chi connectivity index (χ1v) is 10.6. The van der Waals surface area contributed by atoms with E-state index in [1.54, 1.807) is 0 Å². The van der Waals surface area contributed by atoms with E-state index < -0.39 is 8.32 Å². The minimum Gasteiger partial charge on any atom is -0.547 e. The lowest BCUT2D eigenvalue weighted by atomic mass is 9.99. The lowest BCUT2D eigenvalue weighted by Gasteiger charge is -2.42. The fourth-order valence-electron chi connectivity index (χ4n) is 2.29. The van der Waals surface area contributed by atoms with E-state index in [2.05, 4.69) is 52.0 Å². The van der Waals surface area contributed by atoms with E-state index in [9.17, 15) is 0 Å². The Morgan fingerprint density at radius 1 is 1.40 bits per heavy atom. The van der Waals surface area contributed by atoms with Crippen LogP contribution in [0.15, 0.2) is 16.9 Å². The van der Waals surface area contributed by atoms with Gasteiger partial charge in [-0.25, -0.2) is 0 Å². The predicted octanol–water partition coefficient (Wildman–Crippen LogP) is 4.49. The van der Waals surface area contributed by atoms with Gasteiger partial charge >= 0.3 is 0 Å². The largest absolute Gasteiger partial charge is 0.547 e. The Bertz CT molecular complexity index is 384. The molecule has 0 amide bonds. The molecule has 0 radical (unpaired) electrons. The van der Waals surface area contributed by atoms with Gasteiger partial charge in [0.2, 0.25) is 0 Å². The molecule has 116 valence electrons. The van der Waals surface area contributed by atoms with Crippen LogP contribution in [0.25, 0.3) is 0 Å². The lowest BCUT2D eigenvalue weighted by Crippen LogP contribution is -2.44. The fourth-order valence-corrected chi connectivity index (χ4v) is 4.77. The second kappa shape index (κ2) is 6.33. The minimum absolute atomic E-state index is 0.268. The van der Waals surface area contributed by atoms with Gasteiger partial charge in [-0.3, -0.25) is 0 Å². The molecule has 0 spiro atoms. The van der Waals surface area contributed by atoms with Crippen molar-refractivity contribution in [1.29, 1.82) is 0 Å². The van der Waals surface area contributed by atoms with Crippen molar-refractivity contribution in [1.82, 2.24) is 5.01 Å². The summed E-state index contributed by atoms with van der Waals surface area (Å²) in [6.45, 7) is 14.0. The van der Waals surface area contributed by atoms with Gasteiger partial charge in [-0.2, -0.15) is 5.10 Å². The Kier molecular flexibility index (Phi) is 5.47. The second-order valence-electron chi connectivity index (χ2n) is 7.44. The van der Waals surface area contributed by atoms with Crippen molar-refractivity contribution in [2.24, 2.45) is 16.9 Å². The van der Waals surface area contributed by atoms with Crippen molar-refractivity contribution in [3.05, 3.63) is 11.8 Å². The number of rotatable bonds is 6. The normalized spacial score (nSPS) is 20.6. The first kappa shape index (κ1) is 17.3. The summed E-state index contributed by atoms with van der Waals surface area (Å²) in [5.74, 6) is 2.25. The summed E-state index contributed by atoms with van der Waals surface area (Å²) in [7, 11) is 2.15. The maximum absolute atomic E-state index is 6.49. The van der Waals surface area contributed by atoms with Crippen molar-refractivity contribution in [2.45, 2.75) is 58.7 Å². The van der Waals surface area contributed by atoms with E-state index in [0.29, 0.717) is 11.8 Å². The van der Waals surface area contributed by atoms with Gasteiger partial charge in [0.1, 0.15) is 0 Å². The van der Waals surface area contributed by atoms with E-state index in [0.717, 1.165) is 12.8 Å². The highest BCUT2D eigenvalue weighted by molar-refractivity contribution is 6.74. The molecule has 1 unspecified atom stereocenters. The molecule has 0 bridgehead atoms. The third-order valence-electron chi connectivity index (χ3n) is 4.99. The van der Waals surface area contributed by atoms with Gasteiger partial charge in [0.25, 0.3) is 8.32 Å². The highest BCUT2D eigenvalue weighted by atomic mass is 28.4. The summed E-state index contributed by atoms with van der Waals surface area (Å²) in [6.07, 6.45) is 6.46. The van der Waals surface area contributed by atoms with Gasteiger partial charge < -0.3 is 9.43 Å². The molecule has 1 atom stereocenters. The molecule has 1 rings (SSSR count). The molecule has 0 N–H and O–H groups in total. The van der Waals surface area contributed by atoms with Crippen LogP contribution < -0.4 is 0 Å². The number of hydrogen-bond acceptors (Lipinski definition) is 3. The van der Waals surface area contributed by atoms with Crippen molar-refractivity contribution in [3.8, 4) is 0 Å². The first-order chi connectivity index (χ1) is 9.06. The third kappa shape index (κ3) is 4.11. The van der Waals surface area contributed by atoms with E-state index in [1.807, 2.05) is 25.3 Å². The molecule has 1 aliphatic rings. The molecule has 0 aromatic heterocycles. The monoisotopic (exact) mass is 296 g/mol. The van der Waals surface area contributed by atoms with Crippen LogP contribution in [0.5, 0.6) is 0 Å². The van der Waals surface area contributed by atoms with Crippen LogP contribution in [-0.4, -0.2) is 33.6 Å². The van der Waals surface area contributed by atoms with Crippen molar-refractivity contribution in [3.63, 3.8) is 0 Å². The average Bonchev–Trinajstić information content (AvgIpc) is 2.72. The number of hydrogen-bond donors (Lipinski definition) is 0. The zero-order chi connectivity index (χ0) is 15.6. The summed E-state index contributed by atoms with van der Waals surface area (Å²) < 4.78 is 6.49. The topological polar surface area (TPSA) is 24.8 Å². The molecule has 0 heterocycles. The van der Waals surface area contributed by atoms with E-state index in [4.69, 9.17) is 4.43 Å². The number of hydrazone groups is 1. The van der Waals surface area contributed by atoms with Gasteiger partial charge in [0.15, 0.2) is 0 Å². The molecule has 0 aromatic carbocycles. The SMILES string of the molecule is CC(C)C(C)(C)[Si](C)(C)OC1=CC(/C=N/N(C)C)CC1. The molecule has 1 aliphatic carbocycles. The molecule has 0 saturated carbocycles. The maximum atomic E-state index is 6.49. The standard InChI is InChI=1S/C16H32N2OSi/c1-13(2)16(3,4)20(7,8)19-15-10-9-14(11-15)12-17-18(5)6/h11-14H,9-10H2,1-8H3/b17-12+. The highest BCUT2D eigenvalue weighted by Crippen LogP contribution is 2.46. The Hall–Kier alpha value is -0.773. The molecule has 0 aliphatic heterocycles. The van der Waals surface area contributed by atoms with Crippen LogP contribution in [0.4, 0.5) is 0 Å². The summed E-state index contributed by atoms with van der Waals surface area (Å²) >= 11 is 0. The van der Waals surface area contributed by atoms with Crippen molar-refractivity contribution < 1.29 is 4.43 Å². The Morgan fingerprint density at radius 3 is 2.50 bits per heavy atom. The molecule has 0 aromatic rings. The second-order valence-corrected chi connectivity index (χ2v) is 11.9. The Morgan fingerprint density at radius 2 is 2.00 bits per heavy atom. The quantitative estimate of drug-likeness (QED) is 0.410. The van der Waals surface area contributed by atoms with Crippen LogP contribution in [-0.2, 0) is 4.43 Å². The summed E-state index contributed by atoms with van der Waals surface area (Å²) in [4.78, 5) is 0. The van der Waals surface area contributed by atoms with Crippen molar-refractivity contribution >= 4 is 14.5 Å². The van der Waals surface area contributed by atoms with Gasteiger partial charge in [-0.15, -0.1) is 0 Å². The lowest BCUT2D eigenvalue weighted by molar-refractivity contribution is 0.331. The smallest absolute Gasteiger partial charge is 0.250 e. The summed E-state index contributed by atoms with van der Waals surface area (Å²) in [5.41, 5.74) is 0. The zero-order valence-electron chi connectivity index (χ0n) is 14.5. The fraction of sp³-hybridized carbons (Fsp3) is 0.812. The van der Waals surface area contributed by atoms with E-state index >= 15 is 0 Å². The molecular weight excluding hydrogens is 264 g/mol. The first-order valence-electron chi connectivity index (χ1n) is 7.67. The molecule has 0 fully saturated rings. The van der Waals surface area contributed by atoms with Gasteiger partial charge in [0.05, 0.1) is 5.76 Å². The van der Waals surface area contributed by atoms with Crippen LogP contribution in [0, 0.1) is 11.8 Å². The average molecular weight is 297 g/mol. The molecular formula is C16H32N2OSi. The highest BCUT2D eigenvalue weighted by Gasteiger charge is 2.45. The van der Waals surface area contributed by atoms with E-state index in [1.165, 1.54) is 5.76 Å². The summed E-state index contributed by atoms with van der Waals surface area (Å²) in [6, 6.07) is 0. The number of nitrogens with zero attached hydrogens (tertiary/aromatic N) is 2. The van der Waals surface area contributed by atoms with Crippen LogP contribution in [0.2, 0.25) is 18.1 Å². The van der Waals surface area contributed by atoms with Gasteiger partial charge in [-0.05, 0) is 36.5 Å².